The summed E-state index contributed by atoms with van der Waals surface area (Å²) in [6.07, 6.45) is 6.10. The summed E-state index contributed by atoms with van der Waals surface area (Å²) in [6, 6.07) is 11.0. The number of benzene rings is 2. The van der Waals surface area contributed by atoms with Crippen molar-refractivity contribution in [1.29, 1.82) is 0 Å². The minimum absolute atomic E-state index is 0.176. The number of carbonyl (C=O) groups is 1. The number of halogens is 2. The second-order valence-corrected chi connectivity index (χ2v) is 10.0. The maximum absolute atomic E-state index is 14.2. The van der Waals surface area contributed by atoms with Gasteiger partial charge in [0.15, 0.2) is 11.6 Å². The molecule has 0 heterocycles. The zero-order valence-corrected chi connectivity index (χ0v) is 21.4. The molecule has 0 spiro atoms. The summed E-state index contributed by atoms with van der Waals surface area (Å²) in [6.45, 7) is 6.36. The molecule has 1 atom stereocenters. The molecule has 0 saturated heterocycles. The Morgan fingerprint density at radius 2 is 1.92 bits per heavy atom. The van der Waals surface area contributed by atoms with Crippen molar-refractivity contribution in [3.8, 4) is 5.75 Å². The Morgan fingerprint density at radius 3 is 2.58 bits per heavy atom. The summed E-state index contributed by atoms with van der Waals surface area (Å²) in [4.78, 5) is 11.4. The van der Waals surface area contributed by atoms with Gasteiger partial charge in [0, 0.05) is 18.5 Å². The van der Waals surface area contributed by atoms with Crippen molar-refractivity contribution in [2.24, 2.45) is 5.92 Å². The standard InChI is InChI=1S/C29H37F2NO4/c1-4-35-27(34)12-8-5-9-20-15-25(30)28(31)26(16-20)36-19-24(33)18-32-29(2,3)17-21-13-22-10-6-7-11-23(22)14-21/h5-7,9-11,15-16,21,24,32-33H,4,8,12-14,17-19H2,1-3H3/t24-/m1/s1. The van der Waals surface area contributed by atoms with E-state index < -0.39 is 17.7 Å². The number of aliphatic hydroxyl groups is 1. The number of carbonyl (C=O) groups excluding carboxylic acids is 1. The smallest absolute Gasteiger partial charge is 0.306 e. The van der Waals surface area contributed by atoms with Crippen LogP contribution in [0.1, 0.15) is 56.7 Å². The van der Waals surface area contributed by atoms with Crippen LogP contribution in [-0.2, 0) is 22.4 Å². The van der Waals surface area contributed by atoms with Gasteiger partial charge in [0.1, 0.15) is 12.7 Å². The molecule has 7 heteroatoms. The van der Waals surface area contributed by atoms with Gasteiger partial charge in [-0.05, 0) is 81.2 Å². The van der Waals surface area contributed by atoms with Gasteiger partial charge >= 0.3 is 5.97 Å². The van der Waals surface area contributed by atoms with E-state index in [1.807, 2.05) is 0 Å². The second-order valence-electron chi connectivity index (χ2n) is 10.0. The van der Waals surface area contributed by atoms with Crippen molar-refractivity contribution < 1.29 is 28.2 Å². The number of hydrogen-bond acceptors (Lipinski definition) is 5. The Balaban J connectivity index is 1.46. The van der Waals surface area contributed by atoms with Gasteiger partial charge in [-0.1, -0.05) is 36.4 Å². The van der Waals surface area contributed by atoms with E-state index in [0.29, 0.717) is 24.5 Å². The van der Waals surface area contributed by atoms with Crippen molar-refractivity contribution >= 4 is 12.0 Å². The van der Waals surface area contributed by atoms with Crippen LogP contribution in [-0.4, -0.2) is 42.5 Å². The third-order valence-corrected chi connectivity index (χ3v) is 6.33. The lowest BCUT2D eigenvalue weighted by molar-refractivity contribution is -0.143. The highest BCUT2D eigenvalue weighted by Gasteiger charge is 2.28. The second kappa shape index (κ2) is 13.0. The Bertz CT molecular complexity index is 1030. The number of aliphatic hydroxyl groups excluding tert-OH is 1. The zero-order valence-electron chi connectivity index (χ0n) is 21.4. The van der Waals surface area contributed by atoms with Crippen molar-refractivity contribution in [2.75, 3.05) is 19.8 Å². The summed E-state index contributed by atoms with van der Waals surface area (Å²) in [5.74, 6) is -2.16. The van der Waals surface area contributed by atoms with Crippen LogP contribution in [0.15, 0.2) is 42.5 Å². The molecule has 0 radical (unpaired) electrons. The number of hydrogen-bond donors (Lipinski definition) is 2. The van der Waals surface area contributed by atoms with E-state index in [1.54, 1.807) is 19.1 Å². The average molecular weight is 502 g/mol. The summed E-state index contributed by atoms with van der Waals surface area (Å²) >= 11 is 0. The molecule has 0 aromatic heterocycles. The number of nitrogens with one attached hydrogen (secondary N) is 1. The van der Waals surface area contributed by atoms with Gasteiger partial charge in [0.2, 0.25) is 5.82 Å². The van der Waals surface area contributed by atoms with Crippen molar-refractivity contribution in [3.05, 3.63) is 70.8 Å². The minimum Gasteiger partial charge on any atom is -0.488 e. The molecule has 0 fully saturated rings. The van der Waals surface area contributed by atoms with Gasteiger partial charge < -0.3 is 19.9 Å². The van der Waals surface area contributed by atoms with E-state index in [2.05, 4.69) is 43.4 Å². The topological polar surface area (TPSA) is 67.8 Å². The summed E-state index contributed by atoms with van der Waals surface area (Å²) in [7, 11) is 0. The predicted molar refractivity (Wildman–Crippen MR) is 137 cm³/mol. The largest absolute Gasteiger partial charge is 0.488 e. The SMILES string of the molecule is CCOC(=O)CCC=Cc1cc(F)c(F)c(OC[C@H](O)CNC(C)(C)CC2Cc3ccccc3C2)c1. The van der Waals surface area contributed by atoms with Gasteiger partial charge in [-0.15, -0.1) is 0 Å². The fourth-order valence-electron chi connectivity index (χ4n) is 4.67. The monoisotopic (exact) mass is 501 g/mol. The molecule has 0 unspecified atom stereocenters. The quantitative estimate of drug-likeness (QED) is 0.368. The molecule has 0 amide bonds. The Morgan fingerprint density at radius 1 is 1.22 bits per heavy atom. The molecule has 36 heavy (non-hydrogen) atoms. The van der Waals surface area contributed by atoms with Gasteiger partial charge in [0.05, 0.1) is 6.61 Å². The molecule has 5 nitrogen and oxygen atoms in total. The maximum Gasteiger partial charge on any atom is 0.306 e. The first-order chi connectivity index (χ1) is 17.2. The first kappa shape index (κ1) is 27.8. The number of esters is 1. The maximum atomic E-state index is 14.2. The molecule has 1 aliphatic rings. The highest BCUT2D eigenvalue weighted by molar-refractivity contribution is 5.69. The third-order valence-electron chi connectivity index (χ3n) is 6.33. The summed E-state index contributed by atoms with van der Waals surface area (Å²) < 4.78 is 38.6. The lowest BCUT2D eigenvalue weighted by atomic mass is 9.88. The van der Waals surface area contributed by atoms with Crippen molar-refractivity contribution in [2.45, 2.75) is 64.5 Å². The molecule has 3 rings (SSSR count). The normalized spacial score (nSPS) is 14.7. The van der Waals surface area contributed by atoms with E-state index in [1.165, 1.54) is 17.2 Å². The predicted octanol–water partition coefficient (Wildman–Crippen LogP) is 5.23. The Labute approximate surface area is 212 Å². The first-order valence-electron chi connectivity index (χ1n) is 12.6. The number of β-amino-alcohol motifs (C(OH)–C–C–N with tert-alkyl or cyclic N) is 1. The molecule has 1 aliphatic carbocycles. The van der Waals surface area contributed by atoms with E-state index in [9.17, 15) is 18.7 Å². The van der Waals surface area contributed by atoms with Gasteiger partial charge in [-0.3, -0.25) is 4.79 Å². The number of allylic oxidation sites excluding steroid dienone is 1. The van der Waals surface area contributed by atoms with Crippen LogP contribution in [0.4, 0.5) is 8.78 Å². The van der Waals surface area contributed by atoms with Crippen LogP contribution >= 0.6 is 0 Å². The lowest BCUT2D eigenvalue weighted by Crippen LogP contribution is -2.46. The Kier molecular flexibility index (Phi) is 10.0. The van der Waals surface area contributed by atoms with Crippen molar-refractivity contribution in [3.63, 3.8) is 0 Å². The molecule has 0 aliphatic heterocycles. The van der Waals surface area contributed by atoms with Crippen LogP contribution in [0, 0.1) is 17.6 Å². The molecular formula is C29H37F2NO4. The number of rotatable bonds is 13. The number of ether oxygens (including phenoxy) is 2. The summed E-state index contributed by atoms with van der Waals surface area (Å²) in [5.41, 5.74) is 3.03. The van der Waals surface area contributed by atoms with Crippen LogP contribution in [0.5, 0.6) is 5.75 Å². The lowest BCUT2D eigenvalue weighted by Gasteiger charge is -2.30. The Hall–Kier alpha value is -2.77. The average Bonchev–Trinajstić information content (AvgIpc) is 3.23. The van der Waals surface area contributed by atoms with E-state index in [-0.39, 0.29) is 36.8 Å². The van der Waals surface area contributed by atoms with E-state index in [0.717, 1.165) is 25.3 Å². The van der Waals surface area contributed by atoms with Gasteiger partial charge in [-0.25, -0.2) is 4.39 Å². The molecule has 2 aromatic rings. The zero-order chi connectivity index (χ0) is 26.1. The molecular weight excluding hydrogens is 464 g/mol. The van der Waals surface area contributed by atoms with E-state index in [4.69, 9.17) is 9.47 Å². The molecule has 0 bridgehead atoms. The van der Waals surface area contributed by atoms with Gasteiger partial charge in [0.25, 0.3) is 0 Å². The van der Waals surface area contributed by atoms with Crippen LogP contribution < -0.4 is 10.1 Å². The number of fused-ring (bicyclic) bond motifs is 1. The minimum atomic E-state index is -1.10. The third kappa shape index (κ3) is 8.42. The fraction of sp³-hybridized carbons (Fsp3) is 0.483. The van der Waals surface area contributed by atoms with Crippen molar-refractivity contribution in [1.82, 2.24) is 5.32 Å². The molecule has 2 N–H and O–H groups in total. The fourth-order valence-corrected chi connectivity index (χ4v) is 4.67. The van der Waals surface area contributed by atoms with Crippen LogP contribution in [0.25, 0.3) is 6.08 Å². The van der Waals surface area contributed by atoms with E-state index >= 15 is 0 Å². The van der Waals surface area contributed by atoms with Gasteiger partial charge in [-0.2, -0.15) is 4.39 Å². The molecule has 0 saturated carbocycles. The highest BCUT2D eigenvalue weighted by Crippen LogP contribution is 2.32. The summed E-state index contributed by atoms with van der Waals surface area (Å²) in [5, 5.41) is 13.8. The van der Waals surface area contributed by atoms with Crippen LogP contribution in [0.3, 0.4) is 0 Å². The highest BCUT2D eigenvalue weighted by atomic mass is 19.2. The van der Waals surface area contributed by atoms with Crippen LogP contribution in [0.2, 0.25) is 0 Å². The molecule has 196 valence electrons. The molecule has 2 aromatic carbocycles. The first-order valence-corrected chi connectivity index (χ1v) is 12.6.